The van der Waals surface area contributed by atoms with E-state index in [4.69, 9.17) is 16.9 Å². The molecule has 102 valence electrons. The van der Waals surface area contributed by atoms with Crippen LogP contribution in [0, 0.1) is 17.2 Å². The highest BCUT2D eigenvalue weighted by Crippen LogP contribution is 2.19. The molecule has 1 aromatic heterocycles. The number of benzene rings is 1. The van der Waals surface area contributed by atoms with E-state index in [-0.39, 0.29) is 17.0 Å². The summed E-state index contributed by atoms with van der Waals surface area (Å²) in [7, 11) is 0. The molecule has 2 aromatic rings. The lowest BCUT2D eigenvalue weighted by molar-refractivity contribution is 0.464. The molecule has 0 fully saturated rings. The van der Waals surface area contributed by atoms with Crippen LogP contribution in [0.25, 0.3) is 11.3 Å². The van der Waals surface area contributed by atoms with Crippen molar-refractivity contribution in [3.8, 4) is 17.3 Å². The van der Waals surface area contributed by atoms with Gasteiger partial charge in [0.05, 0.1) is 5.69 Å². The van der Waals surface area contributed by atoms with Crippen LogP contribution >= 0.6 is 11.6 Å². The van der Waals surface area contributed by atoms with Crippen molar-refractivity contribution in [2.45, 2.75) is 20.4 Å². The smallest absolute Gasteiger partial charge is 0.266 e. The van der Waals surface area contributed by atoms with Gasteiger partial charge in [0.15, 0.2) is 0 Å². The maximum atomic E-state index is 12.0. The Bertz CT molecular complexity index is 711. The van der Waals surface area contributed by atoms with Gasteiger partial charge in [-0.1, -0.05) is 37.6 Å². The molecule has 0 saturated carbocycles. The normalized spacial score (nSPS) is 10.6. The molecule has 5 heteroatoms. The molecule has 0 spiro atoms. The van der Waals surface area contributed by atoms with E-state index >= 15 is 0 Å². The molecule has 0 aliphatic carbocycles. The van der Waals surface area contributed by atoms with Gasteiger partial charge in [0, 0.05) is 17.1 Å². The first-order chi connectivity index (χ1) is 9.51. The average Bonchev–Trinajstić information content (AvgIpc) is 2.41. The standard InChI is InChI=1S/C15H14ClN3O/c1-10(2)9-19-15(20)12(8-17)7-14(18-19)11-3-5-13(16)6-4-11/h3-7,10H,9H2,1-2H3. The number of hydrogen-bond donors (Lipinski definition) is 0. The van der Waals surface area contributed by atoms with Crippen molar-refractivity contribution >= 4 is 11.6 Å². The van der Waals surface area contributed by atoms with Crippen molar-refractivity contribution in [1.82, 2.24) is 9.78 Å². The minimum Gasteiger partial charge on any atom is -0.266 e. The van der Waals surface area contributed by atoms with E-state index in [0.29, 0.717) is 17.3 Å². The van der Waals surface area contributed by atoms with Crippen molar-refractivity contribution < 1.29 is 0 Å². The monoisotopic (exact) mass is 287 g/mol. The Hall–Kier alpha value is -2.12. The Kier molecular flexibility index (Phi) is 4.21. The zero-order valence-electron chi connectivity index (χ0n) is 11.3. The zero-order valence-corrected chi connectivity index (χ0v) is 12.1. The van der Waals surface area contributed by atoms with Crippen LogP contribution in [0.5, 0.6) is 0 Å². The Balaban J connectivity index is 2.57. The van der Waals surface area contributed by atoms with Gasteiger partial charge >= 0.3 is 0 Å². The van der Waals surface area contributed by atoms with Crippen LogP contribution in [0.15, 0.2) is 35.1 Å². The molecule has 0 N–H and O–H groups in total. The van der Waals surface area contributed by atoms with E-state index < -0.39 is 0 Å². The molecule has 0 aliphatic heterocycles. The van der Waals surface area contributed by atoms with Crippen molar-refractivity contribution in [2.75, 3.05) is 0 Å². The van der Waals surface area contributed by atoms with Gasteiger partial charge in [-0.05, 0) is 24.1 Å². The molecule has 1 heterocycles. The van der Waals surface area contributed by atoms with E-state index in [2.05, 4.69) is 5.10 Å². The fraction of sp³-hybridized carbons (Fsp3) is 0.267. The van der Waals surface area contributed by atoms with Crippen LogP contribution in [0.4, 0.5) is 0 Å². The minimum absolute atomic E-state index is 0.102. The van der Waals surface area contributed by atoms with Crippen LogP contribution in [-0.2, 0) is 6.54 Å². The molecular weight excluding hydrogens is 274 g/mol. The number of nitrogens with zero attached hydrogens (tertiary/aromatic N) is 3. The molecule has 0 saturated heterocycles. The predicted molar refractivity (Wildman–Crippen MR) is 78.5 cm³/mol. The molecule has 0 atom stereocenters. The summed E-state index contributed by atoms with van der Waals surface area (Å²) >= 11 is 5.86. The summed E-state index contributed by atoms with van der Waals surface area (Å²) in [6, 6.07) is 10.6. The van der Waals surface area contributed by atoms with Crippen molar-refractivity contribution in [1.29, 1.82) is 5.26 Å². The lowest BCUT2D eigenvalue weighted by Crippen LogP contribution is -2.27. The Morgan fingerprint density at radius 3 is 2.55 bits per heavy atom. The Labute approximate surface area is 122 Å². The first kappa shape index (κ1) is 14.3. The molecule has 0 bridgehead atoms. The molecular formula is C15H14ClN3O. The van der Waals surface area contributed by atoms with E-state index in [1.165, 1.54) is 10.7 Å². The summed E-state index contributed by atoms with van der Waals surface area (Å²) in [4.78, 5) is 12.0. The third kappa shape index (κ3) is 3.06. The maximum absolute atomic E-state index is 12.0. The van der Waals surface area contributed by atoms with E-state index in [9.17, 15) is 4.79 Å². The number of rotatable bonds is 3. The van der Waals surface area contributed by atoms with Crippen LogP contribution in [-0.4, -0.2) is 9.78 Å². The first-order valence-corrected chi connectivity index (χ1v) is 6.67. The SMILES string of the molecule is CC(C)Cn1nc(-c2ccc(Cl)cc2)cc(C#N)c1=O. The first-order valence-electron chi connectivity index (χ1n) is 6.29. The number of hydrogen-bond acceptors (Lipinski definition) is 3. The highest BCUT2D eigenvalue weighted by molar-refractivity contribution is 6.30. The summed E-state index contributed by atoms with van der Waals surface area (Å²) in [6.45, 7) is 4.47. The molecule has 1 aromatic carbocycles. The number of halogens is 1. The molecule has 0 aliphatic rings. The third-order valence-corrected chi connectivity index (χ3v) is 3.02. The number of aromatic nitrogens is 2. The molecule has 20 heavy (non-hydrogen) atoms. The average molecular weight is 288 g/mol. The molecule has 0 radical (unpaired) electrons. The summed E-state index contributed by atoms with van der Waals surface area (Å²) in [5.41, 5.74) is 1.17. The van der Waals surface area contributed by atoms with Crippen molar-refractivity contribution in [2.24, 2.45) is 5.92 Å². The molecule has 4 nitrogen and oxygen atoms in total. The molecule has 2 rings (SSSR count). The van der Waals surface area contributed by atoms with Crippen LogP contribution in [0.2, 0.25) is 5.02 Å². The minimum atomic E-state index is -0.348. The third-order valence-electron chi connectivity index (χ3n) is 2.77. The summed E-state index contributed by atoms with van der Waals surface area (Å²) < 4.78 is 1.35. The Morgan fingerprint density at radius 1 is 1.35 bits per heavy atom. The van der Waals surface area contributed by atoms with E-state index in [1.807, 2.05) is 32.0 Å². The lowest BCUT2D eigenvalue weighted by atomic mass is 10.1. The van der Waals surface area contributed by atoms with Gasteiger partial charge in [0.25, 0.3) is 5.56 Å². The second-order valence-corrected chi connectivity index (χ2v) is 5.38. The predicted octanol–water partition coefficient (Wildman–Crippen LogP) is 3.09. The van der Waals surface area contributed by atoms with Gasteiger partial charge in [-0.3, -0.25) is 4.79 Å². The quantitative estimate of drug-likeness (QED) is 0.871. The van der Waals surface area contributed by atoms with Crippen LogP contribution < -0.4 is 5.56 Å². The van der Waals surface area contributed by atoms with Gasteiger partial charge in [-0.2, -0.15) is 10.4 Å². The van der Waals surface area contributed by atoms with Gasteiger partial charge < -0.3 is 0 Å². The van der Waals surface area contributed by atoms with E-state index in [1.54, 1.807) is 12.1 Å². The zero-order chi connectivity index (χ0) is 14.7. The summed E-state index contributed by atoms with van der Waals surface area (Å²) in [6.07, 6.45) is 0. The fourth-order valence-electron chi connectivity index (χ4n) is 1.85. The fourth-order valence-corrected chi connectivity index (χ4v) is 1.98. The molecule has 0 amide bonds. The molecule has 0 unspecified atom stereocenters. The largest absolute Gasteiger partial charge is 0.284 e. The van der Waals surface area contributed by atoms with Gasteiger partial charge in [0.1, 0.15) is 11.6 Å². The highest BCUT2D eigenvalue weighted by Gasteiger charge is 2.10. The van der Waals surface area contributed by atoms with Crippen LogP contribution in [0.1, 0.15) is 19.4 Å². The second kappa shape index (κ2) is 5.89. The van der Waals surface area contributed by atoms with Gasteiger partial charge in [-0.15, -0.1) is 0 Å². The summed E-state index contributed by atoms with van der Waals surface area (Å²) in [5, 5.41) is 14.0. The highest BCUT2D eigenvalue weighted by atomic mass is 35.5. The topological polar surface area (TPSA) is 58.7 Å². The maximum Gasteiger partial charge on any atom is 0.284 e. The Morgan fingerprint density at radius 2 is 2.00 bits per heavy atom. The summed E-state index contributed by atoms with van der Waals surface area (Å²) in [5.74, 6) is 0.271. The van der Waals surface area contributed by atoms with E-state index in [0.717, 1.165) is 5.56 Å². The van der Waals surface area contributed by atoms with Gasteiger partial charge in [0.2, 0.25) is 0 Å². The lowest BCUT2D eigenvalue weighted by Gasteiger charge is -2.10. The van der Waals surface area contributed by atoms with Gasteiger partial charge in [-0.25, -0.2) is 4.68 Å². The van der Waals surface area contributed by atoms with Crippen molar-refractivity contribution in [3.63, 3.8) is 0 Å². The van der Waals surface area contributed by atoms with Crippen molar-refractivity contribution in [3.05, 3.63) is 51.3 Å². The van der Waals surface area contributed by atoms with Crippen LogP contribution in [0.3, 0.4) is 0 Å². The number of nitriles is 1. The second-order valence-electron chi connectivity index (χ2n) is 4.94.